The van der Waals surface area contributed by atoms with Gasteiger partial charge in [-0.15, -0.1) is 5.10 Å². The van der Waals surface area contributed by atoms with Gasteiger partial charge in [-0.2, -0.15) is 0 Å². The normalized spacial score (nSPS) is 11.0. The lowest BCUT2D eigenvalue weighted by Gasteiger charge is -2.05. The van der Waals surface area contributed by atoms with Crippen molar-refractivity contribution >= 4 is 17.0 Å². The molecule has 0 aliphatic heterocycles. The van der Waals surface area contributed by atoms with E-state index >= 15 is 0 Å². The Labute approximate surface area is 121 Å². The number of aromatic nitrogens is 5. The van der Waals surface area contributed by atoms with Crippen molar-refractivity contribution in [1.82, 2.24) is 25.0 Å². The van der Waals surface area contributed by atoms with Gasteiger partial charge in [0.25, 0.3) is 0 Å². The summed E-state index contributed by atoms with van der Waals surface area (Å²) in [6.07, 6.45) is 2.27. The number of halogens is 1. The number of aryl methyl sites for hydroxylation is 1. The second kappa shape index (κ2) is 5.82. The summed E-state index contributed by atoms with van der Waals surface area (Å²) in [6, 6.07) is 6.48. The number of hydrogen-bond donors (Lipinski definition) is 1. The van der Waals surface area contributed by atoms with Crippen LogP contribution in [-0.4, -0.2) is 31.5 Å². The lowest BCUT2D eigenvalue weighted by atomic mass is 10.1. The Morgan fingerprint density at radius 3 is 2.76 bits per heavy atom. The van der Waals surface area contributed by atoms with Crippen LogP contribution < -0.4 is 5.32 Å². The number of nitrogens with one attached hydrogen (secondary N) is 1. The molecule has 0 aliphatic rings. The first-order chi connectivity index (χ1) is 10.3. The first kappa shape index (κ1) is 13.4. The third-order valence-corrected chi connectivity index (χ3v) is 3.22. The molecule has 0 spiro atoms. The van der Waals surface area contributed by atoms with E-state index in [1.165, 1.54) is 18.5 Å². The highest BCUT2D eigenvalue weighted by atomic mass is 19.1. The average Bonchev–Trinajstić information content (AvgIpc) is 2.93. The molecule has 0 radical (unpaired) electrons. The minimum Gasteiger partial charge on any atom is -0.368 e. The van der Waals surface area contributed by atoms with Crippen LogP contribution in [0, 0.1) is 5.82 Å². The standard InChI is InChI=1S/C14H15FN6/c1-2-21-14-12(19-20-21)13(17-9-18-14)16-8-7-10-3-5-11(15)6-4-10/h3-6,9H,2,7-8H2,1H3,(H,16,17,18). The van der Waals surface area contributed by atoms with Crippen LogP contribution in [0.3, 0.4) is 0 Å². The maximum Gasteiger partial charge on any atom is 0.183 e. The highest BCUT2D eigenvalue weighted by Gasteiger charge is 2.10. The summed E-state index contributed by atoms with van der Waals surface area (Å²) in [5.74, 6) is 0.446. The number of benzene rings is 1. The van der Waals surface area contributed by atoms with E-state index in [0.717, 1.165) is 17.6 Å². The van der Waals surface area contributed by atoms with E-state index in [4.69, 9.17) is 0 Å². The van der Waals surface area contributed by atoms with E-state index in [2.05, 4.69) is 25.6 Å². The molecule has 1 N–H and O–H groups in total. The number of hydrogen-bond acceptors (Lipinski definition) is 5. The van der Waals surface area contributed by atoms with Gasteiger partial charge in [-0.05, 0) is 31.0 Å². The highest BCUT2D eigenvalue weighted by molar-refractivity contribution is 5.81. The van der Waals surface area contributed by atoms with E-state index in [1.807, 2.05) is 6.92 Å². The van der Waals surface area contributed by atoms with Gasteiger partial charge in [-0.25, -0.2) is 19.0 Å². The van der Waals surface area contributed by atoms with Gasteiger partial charge in [-0.3, -0.25) is 0 Å². The zero-order valence-corrected chi connectivity index (χ0v) is 11.6. The summed E-state index contributed by atoms with van der Waals surface area (Å²) in [5, 5.41) is 11.4. The van der Waals surface area contributed by atoms with E-state index in [9.17, 15) is 4.39 Å². The van der Waals surface area contributed by atoms with E-state index in [-0.39, 0.29) is 5.82 Å². The monoisotopic (exact) mass is 286 g/mol. The van der Waals surface area contributed by atoms with Crippen LogP contribution in [0.2, 0.25) is 0 Å². The molecule has 3 rings (SSSR count). The van der Waals surface area contributed by atoms with Crippen molar-refractivity contribution in [3.8, 4) is 0 Å². The molecule has 0 atom stereocenters. The lowest BCUT2D eigenvalue weighted by molar-refractivity contribution is 0.627. The molecule has 3 aromatic rings. The van der Waals surface area contributed by atoms with Crippen molar-refractivity contribution in [2.45, 2.75) is 19.9 Å². The number of rotatable bonds is 5. The summed E-state index contributed by atoms with van der Waals surface area (Å²) < 4.78 is 14.6. The minimum absolute atomic E-state index is 0.222. The Morgan fingerprint density at radius 2 is 2.00 bits per heavy atom. The molecule has 0 bridgehead atoms. The molecule has 7 heteroatoms. The third kappa shape index (κ3) is 2.81. The largest absolute Gasteiger partial charge is 0.368 e. The smallest absolute Gasteiger partial charge is 0.183 e. The molecule has 0 unspecified atom stereocenters. The summed E-state index contributed by atoms with van der Waals surface area (Å²) in [6.45, 7) is 3.37. The van der Waals surface area contributed by atoms with Crippen LogP contribution in [0.5, 0.6) is 0 Å². The fraction of sp³-hybridized carbons (Fsp3) is 0.286. The van der Waals surface area contributed by atoms with Crippen molar-refractivity contribution < 1.29 is 4.39 Å². The Morgan fingerprint density at radius 1 is 1.19 bits per heavy atom. The molecule has 1 aromatic carbocycles. The predicted molar refractivity (Wildman–Crippen MR) is 77.4 cm³/mol. The summed E-state index contributed by atoms with van der Waals surface area (Å²) in [4.78, 5) is 8.40. The molecule has 0 aliphatic carbocycles. The van der Waals surface area contributed by atoms with Crippen LogP contribution in [0.15, 0.2) is 30.6 Å². The van der Waals surface area contributed by atoms with E-state index in [0.29, 0.717) is 24.4 Å². The second-order valence-electron chi connectivity index (χ2n) is 4.60. The van der Waals surface area contributed by atoms with Crippen molar-refractivity contribution in [2.24, 2.45) is 0 Å². The number of fused-ring (bicyclic) bond motifs is 1. The van der Waals surface area contributed by atoms with Gasteiger partial charge in [0.1, 0.15) is 12.1 Å². The van der Waals surface area contributed by atoms with Gasteiger partial charge in [0.05, 0.1) is 0 Å². The SMILES string of the molecule is CCn1nnc2c(NCCc3ccc(F)cc3)ncnc21. The first-order valence-electron chi connectivity index (χ1n) is 6.80. The number of nitrogens with zero attached hydrogens (tertiary/aromatic N) is 5. The van der Waals surface area contributed by atoms with E-state index < -0.39 is 0 Å². The van der Waals surface area contributed by atoms with Crippen LogP contribution in [0.25, 0.3) is 11.2 Å². The molecule has 0 amide bonds. The molecule has 2 aromatic heterocycles. The quantitative estimate of drug-likeness (QED) is 0.777. The predicted octanol–water partition coefficient (Wildman–Crippen LogP) is 2.03. The molecule has 2 heterocycles. The molecule has 21 heavy (non-hydrogen) atoms. The Hall–Kier alpha value is -2.57. The van der Waals surface area contributed by atoms with Gasteiger partial charge < -0.3 is 5.32 Å². The molecule has 108 valence electrons. The van der Waals surface area contributed by atoms with Crippen LogP contribution in [-0.2, 0) is 13.0 Å². The Bertz CT molecular complexity index is 737. The first-order valence-corrected chi connectivity index (χ1v) is 6.80. The fourth-order valence-corrected chi connectivity index (χ4v) is 2.11. The molecule has 0 saturated heterocycles. The topological polar surface area (TPSA) is 68.5 Å². The van der Waals surface area contributed by atoms with Crippen molar-refractivity contribution in [3.63, 3.8) is 0 Å². The lowest BCUT2D eigenvalue weighted by Crippen LogP contribution is -2.07. The average molecular weight is 286 g/mol. The molecular formula is C14H15FN6. The van der Waals surface area contributed by atoms with Gasteiger partial charge in [0, 0.05) is 13.1 Å². The van der Waals surface area contributed by atoms with Gasteiger partial charge in [-0.1, -0.05) is 17.3 Å². The summed E-state index contributed by atoms with van der Waals surface area (Å²) in [7, 11) is 0. The molecule has 6 nitrogen and oxygen atoms in total. The van der Waals surface area contributed by atoms with E-state index in [1.54, 1.807) is 16.8 Å². The van der Waals surface area contributed by atoms with Crippen LogP contribution >= 0.6 is 0 Å². The van der Waals surface area contributed by atoms with Crippen LogP contribution in [0.1, 0.15) is 12.5 Å². The van der Waals surface area contributed by atoms with Gasteiger partial charge in [0.15, 0.2) is 17.0 Å². The van der Waals surface area contributed by atoms with Gasteiger partial charge >= 0.3 is 0 Å². The zero-order chi connectivity index (χ0) is 14.7. The maximum absolute atomic E-state index is 12.8. The highest BCUT2D eigenvalue weighted by Crippen LogP contribution is 2.15. The maximum atomic E-state index is 12.8. The Kier molecular flexibility index (Phi) is 3.72. The zero-order valence-electron chi connectivity index (χ0n) is 11.6. The van der Waals surface area contributed by atoms with Crippen molar-refractivity contribution in [1.29, 1.82) is 0 Å². The molecular weight excluding hydrogens is 271 g/mol. The van der Waals surface area contributed by atoms with Crippen molar-refractivity contribution in [3.05, 3.63) is 42.0 Å². The summed E-state index contributed by atoms with van der Waals surface area (Å²) >= 11 is 0. The molecule has 0 saturated carbocycles. The number of anilines is 1. The summed E-state index contributed by atoms with van der Waals surface area (Å²) in [5.41, 5.74) is 2.45. The fourth-order valence-electron chi connectivity index (χ4n) is 2.11. The third-order valence-electron chi connectivity index (χ3n) is 3.22. The Balaban J connectivity index is 1.70. The second-order valence-corrected chi connectivity index (χ2v) is 4.60. The molecule has 0 fully saturated rings. The van der Waals surface area contributed by atoms with Gasteiger partial charge in [0.2, 0.25) is 0 Å². The van der Waals surface area contributed by atoms with Crippen LogP contribution in [0.4, 0.5) is 10.2 Å². The van der Waals surface area contributed by atoms with Crippen molar-refractivity contribution in [2.75, 3.05) is 11.9 Å². The minimum atomic E-state index is -0.222.